The zero-order chi connectivity index (χ0) is 17.2. The van der Waals surface area contributed by atoms with Crippen molar-refractivity contribution in [2.45, 2.75) is 25.3 Å². The number of carbonyl (C=O) groups is 1. The van der Waals surface area contributed by atoms with E-state index in [1.165, 1.54) is 18.4 Å². The van der Waals surface area contributed by atoms with Crippen molar-refractivity contribution >= 4 is 27.5 Å². The van der Waals surface area contributed by atoms with Crippen LogP contribution in [0.3, 0.4) is 0 Å². The Morgan fingerprint density at radius 2 is 2.20 bits per heavy atom. The molecule has 0 saturated heterocycles. The minimum Gasteiger partial charge on any atom is -0.497 e. The number of rotatable bonds is 6. The number of hydrogen-bond donors (Lipinski definition) is 1. The lowest BCUT2D eigenvalue weighted by atomic mass is 10.0. The number of amides is 1. The summed E-state index contributed by atoms with van der Waals surface area (Å²) in [7, 11) is 1.68. The van der Waals surface area contributed by atoms with Crippen molar-refractivity contribution in [2.24, 2.45) is 5.92 Å². The van der Waals surface area contributed by atoms with Gasteiger partial charge in [-0.3, -0.25) is 4.79 Å². The van der Waals surface area contributed by atoms with Crippen molar-refractivity contribution in [1.82, 2.24) is 10.3 Å². The molecule has 3 aromatic rings. The lowest BCUT2D eigenvalue weighted by Gasteiger charge is -2.19. The smallest absolute Gasteiger partial charge is 0.251 e. The molecule has 4 nitrogen and oxygen atoms in total. The molecule has 0 spiro atoms. The molecule has 1 N–H and O–H groups in total. The minimum absolute atomic E-state index is 0.00454. The number of hydrogen-bond acceptors (Lipinski definition) is 4. The number of methoxy groups -OCH3 is 1. The van der Waals surface area contributed by atoms with Crippen LogP contribution in [0.2, 0.25) is 0 Å². The van der Waals surface area contributed by atoms with Crippen molar-refractivity contribution in [3.63, 3.8) is 0 Å². The van der Waals surface area contributed by atoms with E-state index in [0.29, 0.717) is 11.5 Å². The first kappa shape index (κ1) is 16.1. The van der Waals surface area contributed by atoms with Crippen LogP contribution in [0.1, 0.15) is 28.8 Å². The number of nitrogens with zero attached hydrogens (tertiary/aromatic N) is 1. The van der Waals surface area contributed by atoms with Crippen LogP contribution in [-0.2, 0) is 6.42 Å². The van der Waals surface area contributed by atoms with Gasteiger partial charge in [-0.05, 0) is 61.1 Å². The van der Waals surface area contributed by atoms with Crippen LogP contribution in [0.5, 0.6) is 5.75 Å². The van der Waals surface area contributed by atoms with Gasteiger partial charge in [-0.15, -0.1) is 11.3 Å². The van der Waals surface area contributed by atoms with E-state index in [9.17, 15) is 4.79 Å². The summed E-state index contributed by atoms with van der Waals surface area (Å²) in [5.41, 5.74) is 4.64. The minimum atomic E-state index is -0.00454. The van der Waals surface area contributed by atoms with Crippen molar-refractivity contribution in [3.05, 3.63) is 59.1 Å². The molecule has 1 aliphatic rings. The molecule has 1 aliphatic carbocycles. The first-order valence-electron chi connectivity index (χ1n) is 8.50. The lowest BCUT2D eigenvalue weighted by molar-refractivity contribution is 0.0932. The van der Waals surface area contributed by atoms with Crippen LogP contribution in [0.4, 0.5) is 0 Å². The van der Waals surface area contributed by atoms with Gasteiger partial charge in [0.1, 0.15) is 5.75 Å². The molecule has 1 saturated carbocycles. The Kier molecular flexibility index (Phi) is 4.40. The lowest BCUT2D eigenvalue weighted by Crippen LogP contribution is -2.38. The van der Waals surface area contributed by atoms with E-state index in [4.69, 9.17) is 4.74 Å². The van der Waals surface area contributed by atoms with Crippen LogP contribution in [-0.4, -0.2) is 24.0 Å². The molecule has 0 bridgehead atoms. The van der Waals surface area contributed by atoms with Gasteiger partial charge in [0.2, 0.25) is 0 Å². The molecule has 1 atom stereocenters. The van der Waals surface area contributed by atoms with Crippen LogP contribution in [0.25, 0.3) is 10.2 Å². The van der Waals surface area contributed by atoms with E-state index in [2.05, 4.69) is 16.4 Å². The normalized spacial score (nSPS) is 15.1. The Labute approximate surface area is 150 Å². The summed E-state index contributed by atoms with van der Waals surface area (Å²) in [5, 5.41) is 3.24. The van der Waals surface area contributed by atoms with Crippen molar-refractivity contribution in [3.8, 4) is 5.75 Å². The van der Waals surface area contributed by atoms with Gasteiger partial charge in [-0.2, -0.15) is 0 Å². The number of benzene rings is 2. The fraction of sp³-hybridized carbons (Fsp3) is 0.300. The van der Waals surface area contributed by atoms with Crippen LogP contribution in [0, 0.1) is 5.92 Å². The third-order valence-corrected chi connectivity index (χ3v) is 5.48. The molecule has 128 valence electrons. The number of thiazole rings is 1. The third-order valence-electron chi connectivity index (χ3n) is 4.69. The first-order chi connectivity index (χ1) is 12.2. The second kappa shape index (κ2) is 6.84. The Bertz CT molecular complexity index is 901. The summed E-state index contributed by atoms with van der Waals surface area (Å²) in [4.78, 5) is 17.0. The van der Waals surface area contributed by atoms with Crippen molar-refractivity contribution in [2.75, 3.05) is 7.11 Å². The quantitative estimate of drug-likeness (QED) is 0.728. The molecule has 0 aliphatic heterocycles. The Morgan fingerprint density at radius 1 is 1.32 bits per heavy atom. The Balaban J connectivity index is 1.50. The first-order valence-corrected chi connectivity index (χ1v) is 9.38. The fourth-order valence-corrected chi connectivity index (χ4v) is 3.85. The summed E-state index contributed by atoms with van der Waals surface area (Å²) >= 11 is 1.56. The maximum absolute atomic E-state index is 12.7. The maximum Gasteiger partial charge on any atom is 0.251 e. The summed E-state index contributed by atoms with van der Waals surface area (Å²) in [6.07, 6.45) is 3.20. The van der Waals surface area contributed by atoms with Crippen molar-refractivity contribution < 1.29 is 9.53 Å². The Hall–Kier alpha value is -2.40. The average molecular weight is 352 g/mol. The summed E-state index contributed by atoms with van der Waals surface area (Å²) in [6, 6.07) is 13.9. The molecule has 4 rings (SSSR count). The molecule has 0 radical (unpaired) electrons. The highest BCUT2D eigenvalue weighted by atomic mass is 32.1. The second-order valence-electron chi connectivity index (χ2n) is 6.51. The molecule has 1 heterocycles. The molecule has 1 unspecified atom stereocenters. The van der Waals surface area contributed by atoms with E-state index in [1.54, 1.807) is 18.4 Å². The van der Waals surface area contributed by atoms with Gasteiger partial charge in [-0.25, -0.2) is 4.98 Å². The standard InChI is InChI=1S/C20H20N2O2S/c1-24-16-4-2-3-13(9-16)10-18(14-5-6-14)22-20(23)15-7-8-17-19(11-15)25-12-21-17/h2-4,7-9,11-12,14,18H,5-6,10H2,1H3,(H,22,23). The molecule has 25 heavy (non-hydrogen) atoms. The zero-order valence-corrected chi connectivity index (χ0v) is 14.9. The molecule has 1 aromatic heterocycles. The highest BCUT2D eigenvalue weighted by Crippen LogP contribution is 2.34. The zero-order valence-electron chi connectivity index (χ0n) is 14.1. The van der Waals surface area contributed by atoms with Crippen LogP contribution < -0.4 is 10.1 Å². The summed E-state index contributed by atoms with van der Waals surface area (Å²) < 4.78 is 6.35. The van der Waals surface area contributed by atoms with Crippen molar-refractivity contribution in [1.29, 1.82) is 0 Å². The molecule has 1 amide bonds. The summed E-state index contributed by atoms with van der Waals surface area (Å²) in [5.74, 6) is 1.42. The van der Waals surface area contributed by atoms with Gasteiger partial charge in [0.05, 0.1) is 22.8 Å². The fourth-order valence-electron chi connectivity index (χ4n) is 3.14. The molecule has 2 aromatic carbocycles. The van der Waals surface area contributed by atoms with E-state index in [-0.39, 0.29) is 11.9 Å². The number of nitrogens with one attached hydrogen (secondary N) is 1. The van der Waals surface area contributed by atoms with E-state index in [1.807, 2.05) is 41.9 Å². The van der Waals surface area contributed by atoms with Gasteiger partial charge in [0.25, 0.3) is 5.91 Å². The molecular weight excluding hydrogens is 332 g/mol. The topological polar surface area (TPSA) is 51.2 Å². The number of fused-ring (bicyclic) bond motifs is 1. The number of aromatic nitrogens is 1. The summed E-state index contributed by atoms with van der Waals surface area (Å²) in [6.45, 7) is 0. The molecule has 5 heteroatoms. The monoisotopic (exact) mass is 352 g/mol. The highest BCUT2D eigenvalue weighted by Gasteiger charge is 2.32. The van der Waals surface area contributed by atoms with E-state index < -0.39 is 0 Å². The number of ether oxygens (including phenoxy) is 1. The van der Waals surface area contributed by atoms with Gasteiger partial charge in [0, 0.05) is 11.6 Å². The maximum atomic E-state index is 12.7. The second-order valence-corrected chi connectivity index (χ2v) is 7.39. The predicted molar refractivity (Wildman–Crippen MR) is 100 cm³/mol. The van der Waals surface area contributed by atoms with Crippen LogP contribution in [0.15, 0.2) is 48.0 Å². The number of carbonyl (C=O) groups excluding carboxylic acids is 1. The third kappa shape index (κ3) is 3.66. The van der Waals surface area contributed by atoms with Gasteiger partial charge in [-0.1, -0.05) is 12.1 Å². The SMILES string of the molecule is COc1cccc(CC(NC(=O)c2ccc3ncsc3c2)C2CC2)c1. The molecule has 1 fully saturated rings. The predicted octanol–water partition coefficient (Wildman–Crippen LogP) is 4.06. The Morgan fingerprint density at radius 3 is 3.00 bits per heavy atom. The van der Waals surface area contributed by atoms with Gasteiger partial charge >= 0.3 is 0 Å². The average Bonchev–Trinajstić information content (AvgIpc) is 3.38. The van der Waals surface area contributed by atoms with E-state index >= 15 is 0 Å². The van der Waals surface area contributed by atoms with Gasteiger partial charge < -0.3 is 10.1 Å². The van der Waals surface area contributed by atoms with Crippen LogP contribution >= 0.6 is 11.3 Å². The van der Waals surface area contributed by atoms with Gasteiger partial charge in [0.15, 0.2) is 0 Å². The molecular formula is C20H20N2O2S. The van der Waals surface area contributed by atoms with E-state index in [0.717, 1.165) is 22.4 Å². The highest BCUT2D eigenvalue weighted by molar-refractivity contribution is 7.16. The largest absolute Gasteiger partial charge is 0.497 e.